The highest BCUT2D eigenvalue weighted by Gasteiger charge is 2.30. The molecule has 1 atom stereocenters. The van der Waals surface area contributed by atoms with Gasteiger partial charge in [0, 0.05) is 13.1 Å². The van der Waals surface area contributed by atoms with Gasteiger partial charge in [0.15, 0.2) is 17.2 Å². The third kappa shape index (κ3) is 3.41. The van der Waals surface area contributed by atoms with Gasteiger partial charge in [0.05, 0.1) is 17.6 Å². The van der Waals surface area contributed by atoms with Gasteiger partial charge in [-0.1, -0.05) is 12.1 Å². The van der Waals surface area contributed by atoms with Crippen molar-refractivity contribution >= 4 is 28.6 Å². The monoisotopic (exact) mass is 330 g/mol. The van der Waals surface area contributed by atoms with Gasteiger partial charge in [0.25, 0.3) is 0 Å². The summed E-state index contributed by atoms with van der Waals surface area (Å²) in [5.41, 5.74) is -0.337. The van der Waals surface area contributed by atoms with Crippen molar-refractivity contribution in [2.75, 3.05) is 29.9 Å². The molecule has 1 aliphatic heterocycles. The minimum Gasteiger partial charge on any atom is -0.479 e. The molecule has 2 aromatic rings. The number of para-hydroxylation sites is 2. The number of carboxylic acids is 1. The third-order valence-electron chi connectivity index (χ3n) is 4.27. The lowest BCUT2D eigenvalue weighted by molar-refractivity contribution is -0.155. The second-order valence-electron chi connectivity index (χ2n) is 6.36. The largest absolute Gasteiger partial charge is 0.479 e. The second-order valence-corrected chi connectivity index (χ2v) is 6.36. The van der Waals surface area contributed by atoms with Gasteiger partial charge in [-0.2, -0.15) is 0 Å². The van der Waals surface area contributed by atoms with Crippen LogP contribution in [0.5, 0.6) is 0 Å². The van der Waals surface area contributed by atoms with Crippen LogP contribution in [-0.2, 0) is 4.79 Å². The van der Waals surface area contributed by atoms with Crippen molar-refractivity contribution in [1.82, 2.24) is 9.97 Å². The molecule has 128 valence electrons. The molecule has 24 heavy (non-hydrogen) atoms. The van der Waals surface area contributed by atoms with Gasteiger partial charge in [0.1, 0.15) is 0 Å². The number of hydrogen-bond donors (Lipinski definition) is 3. The lowest BCUT2D eigenvalue weighted by Crippen LogP contribution is -2.42. The number of piperidine rings is 1. The van der Waals surface area contributed by atoms with Crippen LogP contribution in [0.25, 0.3) is 11.0 Å². The fourth-order valence-corrected chi connectivity index (χ4v) is 2.77. The van der Waals surface area contributed by atoms with Gasteiger partial charge in [-0.05, 0) is 38.3 Å². The fourth-order valence-electron chi connectivity index (χ4n) is 2.77. The molecule has 0 amide bonds. The van der Waals surface area contributed by atoms with E-state index in [1.807, 2.05) is 24.3 Å². The minimum atomic E-state index is -1.87. The van der Waals surface area contributed by atoms with Gasteiger partial charge in [0.2, 0.25) is 0 Å². The molecule has 0 saturated carbocycles. The van der Waals surface area contributed by atoms with Crippen molar-refractivity contribution in [2.24, 2.45) is 0 Å². The number of nitrogens with one attached hydrogen (secondary N) is 1. The molecule has 1 fully saturated rings. The zero-order valence-corrected chi connectivity index (χ0v) is 13.7. The SMILES string of the molecule is CC(O)(CNc1nc2ccccc2nc1N1CCCCC1)C(=O)O. The Balaban J connectivity index is 1.95. The number of hydrogen-bond acceptors (Lipinski definition) is 6. The Morgan fingerprint density at radius 1 is 1.21 bits per heavy atom. The van der Waals surface area contributed by atoms with Crippen molar-refractivity contribution in [3.8, 4) is 0 Å². The van der Waals surface area contributed by atoms with Crippen molar-refractivity contribution in [3.05, 3.63) is 24.3 Å². The number of benzene rings is 1. The number of aromatic nitrogens is 2. The van der Waals surface area contributed by atoms with Gasteiger partial charge in [-0.25, -0.2) is 14.8 Å². The maximum absolute atomic E-state index is 11.1. The molecule has 7 nitrogen and oxygen atoms in total. The third-order valence-corrected chi connectivity index (χ3v) is 4.27. The number of carboxylic acid groups (broad SMARTS) is 1. The molecule has 3 rings (SSSR count). The molecular weight excluding hydrogens is 308 g/mol. The average Bonchev–Trinajstić information content (AvgIpc) is 2.60. The van der Waals surface area contributed by atoms with Crippen molar-refractivity contribution < 1.29 is 15.0 Å². The predicted octanol–water partition coefficient (Wildman–Crippen LogP) is 1.87. The Bertz CT molecular complexity index is 742. The number of nitrogens with zero attached hydrogens (tertiary/aromatic N) is 3. The van der Waals surface area contributed by atoms with Gasteiger partial charge in [-0.15, -0.1) is 0 Å². The van der Waals surface area contributed by atoms with Crippen LogP contribution in [0, 0.1) is 0 Å². The molecule has 1 aliphatic rings. The minimum absolute atomic E-state index is 0.143. The molecule has 2 heterocycles. The summed E-state index contributed by atoms with van der Waals surface area (Å²) in [7, 11) is 0. The van der Waals surface area contributed by atoms with Crippen molar-refractivity contribution in [3.63, 3.8) is 0 Å². The van der Waals surface area contributed by atoms with E-state index in [9.17, 15) is 9.90 Å². The fraction of sp³-hybridized carbons (Fsp3) is 0.471. The average molecular weight is 330 g/mol. The maximum Gasteiger partial charge on any atom is 0.337 e. The first-order valence-electron chi connectivity index (χ1n) is 8.19. The molecule has 0 radical (unpaired) electrons. The van der Waals surface area contributed by atoms with Crippen LogP contribution in [0.4, 0.5) is 11.6 Å². The molecule has 0 spiro atoms. The number of aliphatic carboxylic acids is 1. The zero-order valence-electron chi connectivity index (χ0n) is 13.7. The quantitative estimate of drug-likeness (QED) is 0.769. The normalized spacial score (nSPS) is 17.5. The molecule has 0 bridgehead atoms. The molecule has 0 aliphatic carbocycles. The lowest BCUT2D eigenvalue weighted by atomic mass is 10.1. The van der Waals surface area contributed by atoms with E-state index in [-0.39, 0.29) is 6.54 Å². The van der Waals surface area contributed by atoms with E-state index in [1.165, 1.54) is 13.3 Å². The summed E-state index contributed by atoms with van der Waals surface area (Å²) in [4.78, 5) is 22.6. The maximum atomic E-state index is 11.1. The van der Waals surface area contributed by atoms with E-state index < -0.39 is 11.6 Å². The van der Waals surface area contributed by atoms with E-state index in [1.54, 1.807) is 0 Å². The second kappa shape index (κ2) is 6.60. The molecule has 7 heteroatoms. The van der Waals surface area contributed by atoms with Gasteiger partial charge in [-0.3, -0.25) is 0 Å². The predicted molar refractivity (Wildman–Crippen MR) is 92.4 cm³/mol. The van der Waals surface area contributed by atoms with Crippen LogP contribution in [0.15, 0.2) is 24.3 Å². The molecule has 1 saturated heterocycles. The van der Waals surface area contributed by atoms with Crippen molar-refractivity contribution in [2.45, 2.75) is 31.8 Å². The Kier molecular flexibility index (Phi) is 4.53. The summed E-state index contributed by atoms with van der Waals surface area (Å²) < 4.78 is 0. The molecule has 3 N–H and O–H groups in total. The summed E-state index contributed by atoms with van der Waals surface area (Å²) in [6.07, 6.45) is 3.40. The number of anilines is 2. The van der Waals surface area contributed by atoms with E-state index in [2.05, 4.69) is 15.2 Å². The molecule has 1 aromatic carbocycles. The number of fused-ring (bicyclic) bond motifs is 1. The number of rotatable bonds is 5. The summed E-state index contributed by atoms with van der Waals surface area (Å²) in [5, 5.41) is 22.0. The topological polar surface area (TPSA) is 98.6 Å². The summed E-state index contributed by atoms with van der Waals surface area (Å²) >= 11 is 0. The van der Waals surface area contributed by atoms with Gasteiger partial charge < -0.3 is 20.4 Å². The van der Waals surface area contributed by atoms with Crippen LogP contribution < -0.4 is 10.2 Å². The first-order chi connectivity index (χ1) is 11.5. The standard InChI is InChI=1S/C17H22N4O3/c1-17(24,16(22)23)11-18-14-15(21-9-5-2-6-10-21)20-13-8-4-3-7-12(13)19-14/h3-4,7-8,24H,2,5-6,9-11H2,1H3,(H,18,19)(H,22,23). The van der Waals surface area contributed by atoms with E-state index in [0.717, 1.165) is 42.8 Å². The lowest BCUT2D eigenvalue weighted by Gasteiger charge is -2.30. The highest BCUT2D eigenvalue weighted by molar-refractivity contribution is 5.81. The zero-order chi connectivity index (χ0) is 17.2. The Morgan fingerprint density at radius 2 is 1.83 bits per heavy atom. The number of aliphatic hydroxyl groups is 1. The summed E-state index contributed by atoms with van der Waals surface area (Å²) in [6, 6.07) is 7.57. The Hall–Kier alpha value is -2.41. The first kappa shape index (κ1) is 16.4. The van der Waals surface area contributed by atoms with Gasteiger partial charge >= 0.3 is 5.97 Å². The first-order valence-corrected chi connectivity index (χ1v) is 8.19. The van der Waals surface area contributed by atoms with E-state index in [4.69, 9.17) is 10.1 Å². The van der Waals surface area contributed by atoms with Crippen LogP contribution in [0.2, 0.25) is 0 Å². The Morgan fingerprint density at radius 3 is 2.46 bits per heavy atom. The summed E-state index contributed by atoms with van der Waals surface area (Å²) in [5.74, 6) is -0.0463. The molecular formula is C17H22N4O3. The molecule has 1 aromatic heterocycles. The van der Waals surface area contributed by atoms with Crippen LogP contribution in [0.3, 0.4) is 0 Å². The van der Waals surface area contributed by atoms with Crippen LogP contribution >= 0.6 is 0 Å². The number of carbonyl (C=O) groups is 1. The van der Waals surface area contributed by atoms with Crippen molar-refractivity contribution in [1.29, 1.82) is 0 Å². The highest BCUT2D eigenvalue weighted by Crippen LogP contribution is 2.27. The van der Waals surface area contributed by atoms with Crippen LogP contribution in [0.1, 0.15) is 26.2 Å². The summed E-state index contributed by atoms with van der Waals surface area (Å²) in [6.45, 7) is 2.92. The van der Waals surface area contributed by atoms with E-state index >= 15 is 0 Å². The Labute approximate surface area is 140 Å². The highest BCUT2D eigenvalue weighted by atomic mass is 16.4. The molecule has 1 unspecified atom stereocenters. The van der Waals surface area contributed by atoms with Crippen LogP contribution in [-0.4, -0.2) is 51.4 Å². The van der Waals surface area contributed by atoms with E-state index in [0.29, 0.717) is 5.82 Å². The smallest absolute Gasteiger partial charge is 0.337 e.